The van der Waals surface area contributed by atoms with Crippen molar-refractivity contribution in [2.45, 2.75) is 34.1 Å². The first-order chi connectivity index (χ1) is 13.5. The van der Waals surface area contributed by atoms with Crippen LogP contribution in [0.25, 0.3) is 5.69 Å². The van der Waals surface area contributed by atoms with Gasteiger partial charge in [0.15, 0.2) is 0 Å². The topological polar surface area (TPSA) is 56.1 Å². The molecule has 0 aliphatic carbocycles. The number of carbonyl (C=O) groups is 1. The van der Waals surface area contributed by atoms with Gasteiger partial charge in [0.25, 0.3) is 0 Å². The maximum absolute atomic E-state index is 12.4. The third-order valence-electron chi connectivity index (χ3n) is 4.79. The van der Waals surface area contributed by atoms with Crippen LogP contribution in [0, 0.1) is 27.7 Å². The number of ether oxygens (including phenoxy) is 1. The monoisotopic (exact) mass is 377 g/mol. The summed E-state index contributed by atoms with van der Waals surface area (Å²) in [6, 6.07) is 16.0. The quantitative estimate of drug-likeness (QED) is 0.637. The summed E-state index contributed by atoms with van der Waals surface area (Å²) in [4.78, 5) is 12.4. The Morgan fingerprint density at radius 1 is 1.07 bits per heavy atom. The van der Waals surface area contributed by atoms with Crippen LogP contribution in [-0.4, -0.2) is 28.8 Å². The first-order valence-corrected chi connectivity index (χ1v) is 9.53. The minimum Gasteiger partial charge on any atom is -0.491 e. The van der Waals surface area contributed by atoms with Crippen molar-refractivity contribution in [1.82, 2.24) is 15.1 Å². The van der Waals surface area contributed by atoms with Gasteiger partial charge in [-0.1, -0.05) is 35.9 Å². The Morgan fingerprint density at radius 3 is 2.54 bits per heavy atom. The van der Waals surface area contributed by atoms with Crippen LogP contribution in [0.5, 0.6) is 5.75 Å². The SMILES string of the molecule is Cc1ccc(OCCNC(=O)Cc2c(C)nn(-c3ccccc3)c2C)c(C)c1. The molecule has 2 aromatic carbocycles. The van der Waals surface area contributed by atoms with Gasteiger partial charge in [-0.25, -0.2) is 4.68 Å². The largest absolute Gasteiger partial charge is 0.491 e. The lowest BCUT2D eigenvalue weighted by Crippen LogP contribution is -2.29. The van der Waals surface area contributed by atoms with E-state index in [2.05, 4.69) is 23.4 Å². The number of nitrogens with one attached hydrogen (secondary N) is 1. The number of benzene rings is 2. The lowest BCUT2D eigenvalue weighted by atomic mass is 10.1. The van der Waals surface area contributed by atoms with Gasteiger partial charge in [-0.2, -0.15) is 5.10 Å². The number of aromatic nitrogens is 2. The Bertz CT molecular complexity index is 961. The normalized spacial score (nSPS) is 10.7. The van der Waals surface area contributed by atoms with Crippen LogP contribution in [0.3, 0.4) is 0 Å². The number of carbonyl (C=O) groups excluding carboxylic acids is 1. The first-order valence-electron chi connectivity index (χ1n) is 9.53. The fourth-order valence-corrected chi connectivity index (χ4v) is 3.29. The molecule has 0 saturated carbocycles. The lowest BCUT2D eigenvalue weighted by molar-refractivity contribution is -0.120. The Balaban J connectivity index is 1.54. The van der Waals surface area contributed by atoms with Gasteiger partial charge in [-0.3, -0.25) is 4.79 Å². The van der Waals surface area contributed by atoms with Crippen molar-refractivity contribution in [2.75, 3.05) is 13.2 Å². The fraction of sp³-hybridized carbons (Fsp3) is 0.304. The van der Waals surface area contributed by atoms with Crippen molar-refractivity contribution in [3.8, 4) is 11.4 Å². The number of para-hydroxylation sites is 1. The molecule has 3 aromatic rings. The fourth-order valence-electron chi connectivity index (χ4n) is 3.29. The molecule has 0 spiro atoms. The molecule has 5 nitrogen and oxygen atoms in total. The summed E-state index contributed by atoms with van der Waals surface area (Å²) in [5, 5.41) is 7.53. The highest BCUT2D eigenvalue weighted by molar-refractivity contribution is 5.79. The van der Waals surface area contributed by atoms with Crippen LogP contribution < -0.4 is 10.1 Å². The van der Waals surface area contributed by atoms with E-state index in [9.17, 15) is 4.79 Å². The van der Waals surface area contributed by atoms with Crippen LogP contribution >= 0.6 is 0 Å². The molecule has 0 atom stereocenters. The maximum Gasteiger partial charge on any atom is 0.224 e. The third kappa shape index (κ3) is 4.60. The molecule has 0 aliphatic rings. The van der Waals surface area contributed by atoms with Gasteiger partial charge in [-0.15, -0.1) is 0 Å². The van der Waals surface area contributed by atoms with Gasteiger partial charge in [0.1, 0.15) is 12.4 Å². The molecule has 1 amide bonds. The molecule has 0 unspecified atom stereocenters. The molecule has 1 N–H and O–H groups in total. The number of hydrogen-bond donors (Lipinski definition) is 1. The number of rotatable bonds is 7. The molecular formula is C23H27N3O2. The molecule has 0 bridgehead atoms. The standard InChI is InChI=1S/C23H27N3O2/c1-16-10-11-22(17(2)14-16)28-13-12-24-23(27)15-21-18(3)25-26(19(21)4)20-8-6-5-7-9-20/h5-11,14H,12-13,15H2,1-4H3,(H,24,27). The predicted molar refractivity (Wildman–Crippen MR) is 111 cm³/mol. The highest BCUT2D eigenvalue weighted by Gasteiger charge is 2.15. The van der Waals surface area contributed by atoms with Gasteiger partial charge in [0.2, 0.25) is 5.91 Å². The van der Waals surface area contributed by atoms with E-state index < -0.39 is 0 Å². The molecule has 3 rings (SSSR count). The molecule has 0 saturated heterocycles. The van der Waals surface area contributed by atoms with Gasteiger partial charge in [0.05, 0.1) is 24.3 Å². The Hall–Kier alpha value is -3.08. The van der Waals surface area contributed by atoms with E-state index in [1.807, 2.05) is 67.9 Å². The third-order valence-corrected chi connectivity index (χ3v) is 4.79. The van der Waals surface area contributed by atoms with Crippen LogP contribution in [0.4, 0.5) is 0 Å². The van der Waals surface area contributed by atoms with E-state index in [-0.39, 0.29) is 5.91 Å². The highest BCUT2D eigenvalue weighted by Crippen LogP contribution is 2.19. The lowest BCUT2D eigenvalue weighted by Gasteiger charge is -2.11. The molecule has 146 valence electrons. The van der Waals surface area contributed by atoms with Gasteiger partial charge in [-0.05, 0) is 51.5 Å². The number of nitrogens with zero attached hydrogens (tertiary/aromatic N) is 2. The van der Waals surface area contributed by atoms with Crippen LogP contribution in [0.1, 0.15) is 28.1 Å². The molecule has 0 fully saturated rings. The van der Waals surface area contributed by atoms with Crippen molar-refractivity contribution in [1.29, 1.82) is 0 Å². The molecular weight excluding hydrogens is 350 g/mol. The van der Waals surface area contributed by atoms with E-state index in [0.717, 1.165) is 34.0 Å². The first kappa shape index (κ1) is 19.7. The Morgan fingerprint density at radius 2 is 1.82 bits per heavy atom. The smallest absolute Gasteiger partial charge is 0.224 e. The minimum absolute atomic E-state index is 0.0250. The highest BCUT2D eigenvalue weighted by atomic mass is 16.5. The van der Waals surface area contributed by atoms with Crippen molar-refractivity contribution >= 4 is 5.91 Å². The summed E-state index contributed by atoms with van der Waals surface area (Å²) in [5.41, 5.74) is 6.15. The van der Waals surface area contributed by atoms with Crippen molar-refractivity contribution in [2.24, 2.45) is 0 Å². The molecule has 1 heterocycles. The number of hydrogen-bond acceptors (Lipinski definition) is 3. The number of amides is 1. The van der Waals surface area contributed by atoms with E-state index in [1.165, 1.54) is 5.56 Å². The zero-order valence-corrected chi connectivity index (χ0v) is 17.0. The predicted octanol–water partition coefficient (Wildman–Crippen LogP) is 3.84. The van der Waals surface area contributed by atoms with Crippen LogP contribution in [0.2, 0.25) is 0 Å². The molecule has 0 radical (unpaired) electrons. The summed E-state index contributed by atoms with van der Waals surface area (Å²) >= 11 is 0. The average Bonchev–Trinajstić information content (AvgIpc) is 2.95. The Labute approximate surface area is 166 Å². The van der Waals surface area contributed by atoms with Crippen LogP contribution in [-0.2, 0) is 11.2 Å². The second kappa shape index (κ2) is 8.74. The van der Waals surface area contributed by atoms with E-state index in [4.69, 9.17) is 4.74 Å². The Kier molecular flexibility index (Phi) is 6.14. The van der Waals surface area contributed by atoms with Crippen LogP contribution in [0.15, 0.2) is 48.5 Å². The minimum atomic E-state index is -0.0250. The average molecular weight is 377 g/mol. The molecule has 1 aromatic heterocycles. The van der Waals surface area contributed by atoms with Crippen molar-refractivity contribution in [3.63, 3.8) is 0 Å². The summed E-state index contributed by atoms with van der Waals surface area (Å²) in [6.45, 7) is 8.93. The summed E-state index contributed by atoms with van der Waals surface area (Å²) in [6.07, 6.45) is 0.314. The zero-order valence-electron chi connectivity index (χ0n) is 17.0. The molecule has 28 heavy (non-hydrogen) atoms. The summed E-state index contributed by atoms with van der Waals surface area (Å²) in [7, 11) is 0. The summed E-state index contributed by atoms with van der Waals surface area (Å²) < 4.78 is 7.66. The van der Waals surface area contributed by atoms with Crippen molar-refractivity contribution < 1.29 is 9.53 Å². The van der Waals surface area contributed by atoms with E-state index >= 15 is 0 Å². The molecule has 5 heteroatoms. The number of aryl methyl sites for hydroxylation is 3. The van der Waals surface area contributed by atoms with Gasteiger partial charge < -0.3 is 10.1 Å². The van der Waals surface area contributed by atoms with Gasteiger partial charge in [0, 0.05) is 11.3 Å². The zero-order chi connectivity index (χ0) is 20.1. The van der Waals surface area contributed by atoms with Gasteiger partial charge >= 0.3 is 0 Å². The second-order valence-corrected chi connectivity index (χ2v) is 7.04. The second-order valence-electron chi connectivity index (χ2n) is 7.04. The molecule has 0 aliphatic heterocycles. The summed E-state index contributed by atoms with van der Waals surface area (Å²) in [5.74, 6) is 0.832. The van der Waals surface area contributed by atoms with Crippen molar-refractivity contribution in [3.05, 3.63) is 76.6 Å². The maximum atomic E-state index is 12.4. The van der Waals surface area contributed by atoms with E-state index in [0.29, 0.717) is 19.6 Å². The van der Waals surface area contributed by atoms with E-state index in [1.54, 1.807) is 0 Å².